The second kappa shape index (κ2) is 5.73. The van der Waals surface area contributed by atoms with Gasteiger partial charge in [-0.2, -0.15) is 0 Å². The summed E-state index contributed by atoms with van der Waals surface area (Å²) in [6, 6.07) is 0. The van der Waals surface area contributed by atoms with Gasteiger partial charge in [-0.25, -0.2) is 0 Å². The molecule has 4 rings (SSSR count). The zero-order valence-corrected chi connectivity index (χ0v) is 15.4. The summed E-state index contributed by atoms with van der Waals surface area (Å²) in [5.41, 5.74) is -3.74. The summed E-state index contributed by atoms with van der Waals surface area (Å²) in [5, 5.41) is 32.1. The summed E-state index contributed by atoms with van der Waals surface area (Å²) < 4.78 is 27.2. The molecule has 0 aromatic carbocycles. The molecular formula is C21H30O5. The first-order valence-electron chi connectivity index (χ1n) is 11.1. The molecule has 2 unspecified atom stereocenters. The minimum atomic E-state index is -2.43. The van der Waals surface area contributed by atoms with Gasteiger partial charge in [0, 0.05) is 15.9 Å². The number of allylic oxidation sites excluding steroid dienone is 1. The highest BCUT2D eigenvalue weighted by Crippen LogP contribution is 2.67. The summed E-state index contributed by atoms with van der Waals surface area (Å²) in [6.07, 6.45) is -0.525. The molecule has 4 aliphatic rings. The summed E-state index contributed by atoms with van der Waals surface area (Å²) in [4.78, 5) is 24.5. The largest absolute Gasteiger partial charge is 0.393 e. The molecule has 0 heterocycles. The number of rotatable bonds is 2. The van der Waals surface area contributed by atoms with Crippen molar-refractivity contribution in [2.45, 2.75) is 70.5 Å². The normalized spacial score (nSPS) is 57.0. The van der Waals surface area contributed by atoms with Gasteiger partial charge in [0.05, 0.1) is 6.10 Å². The van der Waals surface area contributed by atoms with Crippen LogP contribution in [-0.2, 0) is 9.59 Å². The van der Waals surface area contributed by atoms with E-state index in [-0.39, 0.29) is 18.6 Å². The lowest BCUT2D eigenvalue weighted by atomic mass is 9.45. The number of hydrogen-bond donors (Lipinski definition) is 3. The minimum Gasteiger partial charge on any atom is -0.393 e. The number of Topliss-reactive ketones (excluding diaryl/α,β-unsaturated/α-hetero) is 1. The Balaban J connectivity index is 1.91. The van der Waals surface area contributed by atoms with E-state index < -0.39 is 59.0 Å². The predicted molar refractivity (Wildman–Crippen MR) is 95.1 cm³/mol. The molecule has 3 fully saturated rings. The summed E-state index contributed by atoms with van der Waals surface area (Å²) in [7, 11) is 0. The lowest BCUT2D eigenvalue weighted by molar-refractivity contribution is -0.182. The maximum Gasteiger partial charge on any atom is 0.190 e. The number of carbonyl (C=O) groups is 2. The maximum absolute atomic E-state index is 12.5. The van der Waals surface area contributed by atoms with Crippen LogP contribution in [0.3, 0.4) is 0 Å². The molecular weight excluding hydrogens is 332 g/mol. The van der Waals surface area contributed by atoms with Crippen LogP contribution >= 0.6 is 0 Å². The maximum atomic E-state index is 12.5. The summed E-state index contributed by atoms with van der Waals surface area (Å²) >= 11 is 0. The van der Waals surface area contributed by atoms with Crippen molar-refractivity contribution < 1.29 is 29.0 Å². The SMILES string of the molecule is [2H]C1([2H])[C@H](O)[C@@]2([2H])C(CCC3=CC(=O)CC[C@@]32C)C2CC[C@](O)(C(=O)CO)[C@]21C. The van der Waals surface area contributed by atoms with Crippen molar-refractivity contribution in [2.75, 3.05) is 6.61 Å². The van der Waals surface area contributed by atoms with Gasteiger partial charge in [-0.15, -0.1) is 0 Å². The van der Waals surface area contributed by atoms with E-state index in [1.54, 1.807) is 6.08 Å². The fraction of sp³-hybridized carbons (Fsp3) is 0.810. The monoisotopic (exact) mass is 365 g/mol. The van der Waals surface area contributed by atoms with Gasteiger partial charge in [-0.3, -0.25) is 9.59 Å². The first-order valence-corrected chi connectivity index (χ1v) is 9.61. The number of aliphatic hydroxyl groups excluding tert-OH is 2. The molecule has 26 heavy (non-hydrogen) atoms. The van der Waals surface area contributed by atoms with E-state index >= 15 is 0 Å². The van der Waals surface area contributed by atoms with Crippen LogP contribution in [0, 0.1) is 28.6 Å². The Labute approximate surface area is 158 Å². The number of aliphatic hydroxyl groups is 3. The Morgan fingerprint density at radius 3 is 2.77 bits per heavy atom. The lowest BCUT2D eigenvalue weighted by Gasteiger charge is -2.60. The Kier molecular flexibility index (Phi) is 3.29. The van der Waals surface area contributed by atoms with Gasteiger partial charge < -0.3 is 15.3 Å². The zero-order valence-electron chi connectivity index (χ0n) is 18.4. The second-order valence-corrected chi connectivity index (χ2v) is 8.90. The molecule has 0 spiro atoms. The van der Waals surface area contributed by atoms with Crippen molar-refractivity contribution in [2.24, 2.45) is 28.6 Å². The first kappa shape index (κ1) is 14.9. The minimum absolute atomic E-state index is 0.00135. The van der Waals surface area contributed by atoms with Gasteiger partial charge >= 0.3 is 0 Å². The molecule has 0 bridgehead atoms. The second-order valence-electron chi connectivity index (χ2n) is 8.90. The van der Waals surface area contributed by atoms with Crippen molar-refractivity contribution in [3.8, 4) is 0 Å². The van der Waals surface area contributed by atoms with E-state index in [1.165, 1.54) is 6.92 Å². The molecule has 3 saturated carbocycles. The fourth-order valence-electron chi connectivity index (χ4n) is 6.41. The molecule has 5 heteroatoms. The molecule has 0 aliphatic heterocycles. The Morgan fingerprint density at radius 1 is 1.35 bits per heavy atom. The third-order valence-electron chi connectivity index (χ3n) is 7.92. The fourth-order valence-corrected chi connectivity index (χ4v) is 6.41. The number of carbonyl (C=O) groups excluding carboxylic acids is 2. The number of fused-ring (bicyclic) bond motifs is 5. The Hall–Kier alpha value is -1.04. The van der Waals surface area contributed by atoms with Gasteiger partial charge in [0.1, 0.15) is 12.2 Å². The van der Waals surface area contributed by atoms with Gasteiger partial charge in [0.2, 0.25) is 0 Å². The van der Waals surface area contributed by atoms with Crippen LogP contribution in [0.1, 0.15) is 62.9 Å². The highest BCUT2D eigenvalue weighted by molar-refractivity contribution is 5.91. The molecule has 0 aromatic rings. The summed E-state index contributed by atoms with van der Waals surface area (Å²) in [6.45, 7) is 2.46. The van der Waals surface area contributed by atoms with Crippen LogP contribution in [0.4, 0.5) is 0 Å². The van der Waals surface area contributed by atoms with Gasteiger partial charge in [0.25, 0.3) is 0 Å². The van der Waals surface area contributed by atoms with E-state index in [2.05, 4.69) is 0 Å². The van der Waals surface area contributed by atoms with E-state index in [0.717, 1.165) is 5.57 Å². The molecule has 0 amide bonds. The van der Waals surface area contributed by atoms with Crippen LogP contribution in [-0.4, -0.2) is 45.2 Å². The highest BCUT2D eigenvalue weighted by atomic mass is 16.3. The molecule has 7 atom stereocenters. The molecule has 144 valence electrons. The van der Waals surface area contributed by atoms with Crippen molar-refractivity contribution in [1.29, 1.82) is 0 Å². The molecule has 0 radical (unpaired) electrons. The third-order valence-corrected chi connectivity index (χ3v) is 7.92. The average molecular weight is 365 g/mol. The predicted octanol–water partition coefficient (Wildman–Crippen LogP) is 1.78. The molecule has 0 aromatic heterocycles. The van der Waals surface area contributed by atoms with Crippen molar-refractivity contribution in [3.63, 3.8) is 0 Å². The van der Waals surface area contributed by atoms with Crippen molar-refractivity contribution in [1.82, 2.24) is 0 Å². The van der Waals surface area contributed by atoms with Crippen molar-refractivity contribution >= 4 is 11.6 Å². The van der Waals surface area contributed by atoms with E-state index in [9.17, 15) is 26.3 Å². The number of hydrogen-bond acceptors (Lipinski definition) is 5. The Bertz CT molecular complexity index is 812. The van der Waals surface area contributed by atoms with E-state index in [4.69, 9.17) is 2.74 Å². The topological polar surface area (TPSA) is 94.8 Å². The van der Waals surface area contributed by atoms with Crippen LogP contribution < -0.4 is 0 Å². The van der Waals surface area contributed by atoms with Gasteiger partial charge in [-0.1, -0.05) is 19.4 Å². The molecule has 3 N–H and O–H groups in total. The quantitative estimate of drug-likeness (QED) is 0.693. The van der Waals surface area contributed by atoms with Crippen LogP contribution in [0.15, 0.2) is 11.6 Å². The van der Waals surface area contributed by atoms with Crippen LogP contribution in [0.5, 0.6) is 0 Å². The number of ketones is 2. The van der Waals surface area contributed by atoms with Crippen LogP contribution in [0.2, 0.25) is 0 Å². The molecule has 5 nitrogen and oxygen atoms in total. The lowest BCUT2D eigenvalue weighted by Crippen LogP contribution is -2.62. The van der Waals surface area contributed by atoms with Gasteiger partial charge in [-0.05, 0) is 67.7 Å². The van der Waals surface area contributed by atoms with Gasteiger partial charge in [0.15, 0.2) is 11.6 Å². The Morgan fingerprint density at radius 2 is 2.08 bits per heavy atom. The zero-order chi connectivity index (χ0) is 21.6. The average Bonchev–Trinajstić information content (AvgIpc) is 2.95. The first-order chi connectivity index (χ1) is 13.3. The van der Waals surface area contributed by atoms with Crippen molar-refractivity contribution in [3.05, 3.63) is 11.6 Å². The standard InChI is InChI=1S/C21H30O5/c1-19-7-5-13(23)9-12(19)3-4-14-15-6-8-21(26,17(25)11-22)20(15,2)10-16(24)18(14)19/h9,14-16,18,22,24,26H,3-8,10-11H2,1-2H3/t14?,15?,16-,18+,19-,20-,21-/m0/s1/i10D2,18D. The van der Waals surface area contributed by atoms with E-state index in [0.29, 0.717) is 25.7 Å². The summed E-state index contributed by atoms with van der Waals surface area (Å²) in [5.74, 6) is -3.32. The third kappa shape index (κ3) is 2.14. The van der Waals surface area contributed by atoms with E-state index in [1.807, 2.05) is 6.92 Å². The smallest absolute Gasteiger partial charge is 0.190 e. The molecule has 0 saturated heterocycles. The van der Waals surface area contributed by atoms with Crippen LogP contribution in [0.25, 0.3) is 0 Å². The highest BCUT2D eigenvalue weighted by Gasteiger charge is 2.68. The molecule has 4 aliphatic carbocycles.